The monoisotopic (exact) mass is 463 g/mol. The second-order valence-corrected chi connectivity index (χ2v) is 11.8. The lowest BCUT2D eigenvalue weighted by Gasteiger charge is -2.18. The average Bonchev–Trinajstić information content (AvgIpc) is 3.11. The number of rotatable bonds is 7. The molecular weight excluding hydrogens is 438 g/mol. The van der Waals surface area contributed by atoms with Crippen LogP contribution in [0.1, 0.15) is 38.5 Å². The number of imidazole rings is 1. The van der Waals surface area contributed by atoms with Crippen LogP contribution in [-0.2, 0) is 28.3 Å². The Morgan fingerprint density at radius 2 is 2.00 bits per heavy atom. The smallest absolute Gasteiger partial charge is 0.335 e. The number of thiazole rings is 1. The zero-order chi connectivity index (χ0) is 22.8. The third-order valence-corrected chi connectivity index (χ3v) is 8.35. The first-order chi connectivity index (χ1) is 14.3. The summed E-state index contributed by atoms with van der Waals surface area (Å²) in [5, 5.41) is 0.405. The molecule has 0 bridgehead atoms. The van der Waals surface area contributed by atoms with Gasteiger partial charge in [0.05, 0.1) is 15.9 Å². The minimum atomic E-state index is -3.72. The van der Waals surface area contributed by atoms with Crippen molar-refractivity contribution in [1.29, 1.82) is 0 Å². The third kappa shape index (κ3) is 3.92. The van der Waals surface area contributed by atoms with Gasteiger partial charge >= 0.3 is 5.69 Å². The van der Waals surface area contributed by atoms with Crippen LogP contribution in [0.3, 0.4) is 0 Å². The van der Waals surface area contributed by atoms with Crippen molar-refractivity contribution < 1.29 is 13.2 Å². The second kappa shape index (κ2) is 7.01. The van der Waals surface area contributed by atoms with Crippen LogP contribution in [0.25, 0.3) is 16.2 Å². The molecule has 1 fully saturated rings. The van der Waals surface area contributed by atoms with E-state index in [2.05, 4.69) is 9.71 Å². The molecule has 0 radical (unpaired) electrons. The number of sulfonamides is 1. The number of aromatic nitrogens is 3. The highest BCUT2D eigenvalue weighted by Gasteiger charge is 2.41. The number of fused-ring (bicyclic) bond motifs is 1. The van der Waals surface area contributed by atoms with E-state index in [4.69, 9.17) is 5.73 Å². The van der Waals surface area contributed by atoms with Crippen molar-refractivity contribution in [2.24, 2.45) is 18.2 Å². The molecule has 0 unspecified atom stereocenters. The first-order valence-corrected chi connectivity index (χ1v) is 12.1. The van der Waals surface area contributed by atoms with Gasteiger partial charge in [0.15, 0.2) is 5.13 Å². The van der Waals surface area contributed by atoms with E-state index in [1.165, 1.54) is 32.6 Å². The molecule has 0 spiro atoms. The number of nitrogens with zero attached hydrogens (tertiary/aromatic N) is 3. The number of nitrogens with one attached hydrogen (secondary N) is 1. The summed E-state index contributed by atoms with van der Waals surface area (Å²) < 4.78 is 31.3. The minimum Gasteiger partial charge on any atom is -0.369 e. The number of carbonyl (C=O) groups is 1. The van der Waals surface area contributed by atoms with E-state index in [1.807, 2.05) is 6.92 Å². The summed E-state index contributed by atoms with van der Waals surface area (Å²) in [6.07, 6.45) is 3.61. The van der Waals surface area contributed by atoms with E-state index >= 15 is 0 Å². The number of benzene rings is 1. The van der Waals surface area contributed by atoms with Gasteiger partial charge in [-0.25, -0.2) is 27.5 Å². The van der Waals surface area contributed by atoms with Crippen LogP contribution in [0, 0.1) is 5.41 Å². The predicted molar refractivity (Wildman–Crippen MR) is 119 cm³/mol. The fourth-order valence-electron chi connectivity index (χ4n) is 3.35. The summed E-state index contributed by atoms with van der Waals surface area (Å²) in [6.45, 7) is 5.37. The quantitative estimate of drug-likeness (QED) is 0.551. The van der Waals surface area contributed by atoms with E-state index in [0.29, 0.717) is 22.6 Å². The summed E-state index contributed by atoms with van der Waals surface area (Å²) in [4.78, 5) is 29.9. The van der Waals surface area contributed by atoms with E-state index in [9.17, 15) is 18.0 Å². The van der Waals surface area contributed by atoms with Gasteiger partial charge in [0.25, 0.3) is 0 Å². The standard InChI is InChI=1S/C20H25N5O4S2/c1-19(2,16(21)26)10-12-11-22-17(30-12)25-15-9-13(5-6-14(15)24(4)18(25)27)31(28,29)23-20(3)7-8-20/h5-6,9,11,23H,7-8,10H2,1-4H3,(H2,21,26). The Morgan fingerprint density at radius 3 is 2.61 bits per heavy atom. The van der Waals surface area contributed by atoms with Gasteiger partial charge in [-0.05, 0) is 44.4 Å². The molecule has 0 atom stereocenters. The normalized spacial score (nSPS) is 16.0. The molecule has 166 valence electrons. The highest BCUT2D eigenvalue weighted by atomic mass is 32.2. The number of amides is 1. The molecule has 1 aliphatic rings. The van der Waals surface area contributed by atoms with Crippen molar-refractivity contribution in [3.05, 3.63) is 39.8 Å². The van der Waals surface area contributed by atoms with E-state index in [0.717, 1.165) is 17.7 Å². The summed E-state index contributed by atoms with van der Waals surface area (Å²) in [5.74, 6) is -0.420. The minimum absolute atomic E-state index is 0.0964. The topological polar surface area (TPSA) is 129 Å². The number of primary amides is 1. The molecule has 3 aromatic rings. The fourth-order valence-corrected chi connectivity index (χ4v) is 5.98. The van der Waals surface area contributed by atoms with Crippen LogP contribution in [-0.4, -0.2) is 34.0 Å². The molecule has 11 heteroatoms. The molecule has 0 saturated heterocycles. The molecule has 1 saturated carbocycles. The van der Waals surface area contributed by atoms with Crippen molar-refractivity contribution >= 4 is 38.3 Å². The van der Waals surface area contributed by atoms with Crippen LogP contribution >= 0.6 is 11.3 Å². The number of hydrogen-bond acceptors (Lipinski definition) is 6. The SMILES string of the molecule is Cn1c(=O)n(-c2ncc(CC(C)(C)C(N)=O)s2)c2cc(S(=O)(=O)NC3(C)CC3)ccc21. The molecule has 1 aromatic carbocycles. The Bertz CT molecular complexity index is 1360. The van der Waals surface area contributed by atoms with Crippen molar-refractivity contribution in [2.75, 3.05) is 0 Å². The van der Waals surface area contributed by atoms with Crippen molar-refractivity contribution in [3.8, 4) is 5.13 Å². The molecule has 1 aliphatic carbocycles. The number of carbonyl (C=O) groups excluding carboxylic acids is 1. The Morgan fingerprint density at radius 1 is 1.32 bits per heavy atom. The van der Waals surface area contributed by atoms with Crippen molar-refractivity contribution in [2.45, 2.75) is 50.5 Å². The number of nitrogens with two attached hydrogens (primary N) is 1. The summed E-state index contributed by atoms with van der Waals surface area (Å²) >= 11 is 1.27. The van der Waals surface area contributed by atoms with Gasteiger partial charge in [0, 0.05) is 29.1 Å². The Hall–Kier alpha value is -2.50. The molecule has 2 heterocycles. The highest BCUT2D eigenvalue weighted by molar-refractivity contribution is 7.89. The van der Waals surface area contributed by atoms with Crippen molar-refractivity contribution in [1.82, 2.24) is 18.8 Å². The molecule has 31 heavy (non-hydrogen) atoms. The van der Waals surface area contributed by atoms with Gasteiger partial charge in [0.1, 0.15) is 0 Å². The van der Waals surface area contributed by atoms with E-state index in [-0.39, 0.29) is 10.6 Å². The molecule has 0 aliphatic heterocycles. The Kier molecular flexibility index (Phi) is 4.91. The molecule has 9 nitrogen and oxygen atoms in total. The predicted octanol–water partition coefficient (Wildman–Crippen LogP) is 1.67. The first-order valence-electron chi connectivity index (χ1n) is 9.83. The molecule has 2 aromatic heterocycles. The maximum absolute atomic E-state index is 12.9. The van der Waals surface area contributed by atoms with Crippen LogP contribution in [0.15, 0.2) is 34.1 Å². The van der Waals surface area contributed by atoms with Crippen molar-refractivity contribution in [3.63, 3.8) is 0 Å². The molecule has 3 N–H and O–H groups in total. The summed E-state index contributed by atoms with van der Waals surface area (Å²) in [7, 11) is -2.09. The van der Waals surface area contributed by atoms with Gasteiger partial charge in [-0.3, -0.25) is 9.36 Å². The summed E-state index contributed by atoms with van der Waals surface area (Å²) in [6, 6.07) is 4.63. The van der Waals surface area contributed by atoms with E-state index in [1.54, 1.807) is 33.2 Å². The van der Waals surface area contributed by atoms with Gasteiger partial charge in [-0.2, -0.15) is 0 Å². The highest BCUT2D eigenvalue weighted by Crippen LogP contribution is 2.36. The van der Waals surface area contributed by atoms with Gasteiger partial charge in [-0.15, -0.1) is 11.3 Å². The van der Waals surface area contributed by atoms with Gasteiger partial charge in [0.2, 0.25) is 15.9 Å². The lowest BCUT2D eigenvalue weighted by molar-refractivity contribution is -0.125. The zero-order valence-corrected chi connectivity index (χ0v) is 19.4. The lowest BCUT2D eigenvalue weighted by atomic mass is 9.88. The lowest BCUT2D eigenvalue weighted by Crippen LogP contribution is -2.34. The molecule has 1 amide bonds. The molecule has 4 rings (SSSR count). The first kappa shape index (κ1) is 21.7. The summed E-state index contributed by atoms with van der Waals surface area (Å²) in [5.41, 5.74) is 5.03. The maximum Gasteiger partial charge on any atom is 0.335 e. The third-order valence-electron chi connectivity index (χ3n) is 5.73. The second-order valence-electron chi connectivity index (χ2n) is 9.03. The number of aryl methyl sites for hydroxylation is 1. The van der Waals surface area contributed by atoms with Crippen LogP contribution in [0.2, 0.25) is 0 Å². The Labute approximate surface area is 183 Å². The zero-order valence-electron chi connectivity index (χ0n) is 17.8. The average molecular weight is 464 g/mol. The number of hydrogen-bond donors (Lipinski definition) is 2. The van der Waals surface area contributed by atoms with Gasteiger partial charge < -0.3 is 5.73 Å². The Balaban J connectivity index is 1.79. The van der Waals surface area contributed by atoms with Crippen LogP contribution in [0.4, 0.5) is 0 Å². The van der Waals surface area contributed by atoms with Crippen LogP contribution < -0.4 is 16.1 Å². The fraction of sp³-hybridized carbons (Fsp3) is 0.450. The van der Waals surface area contributed by atoms with Crippen LogP contribution in [0.5, 0.6) is 0 Å². The largest absolute Gasteiger partial charge is 0.369 e. The molecular formula is C20H25N5O4S2. The van der Waals surface area contributed by atoms with Gasteiger partial charge in [-0.1, -0.05) is 13.8 Å². The maximum atomic E-state index is 12.9. The van der Waals surface area contributed by atoms with E-state index < -0.39 is 26.9 Å².